The van der Waals surface area contributed by atoms with Crippen LogP contribution in [0, 0.1) is 0 Å². The predicted molar refractivity (Wildman–Crippen MR) is 64.8 cm³/mol. The molecule has 1 rings (SSSR count). The number of hydrogen-bond acceptors (Lipinski definition) is 3. The van der Waals surface area contributed by atoms with Gasteiger partial charge in [-0.1, -0.05) is 6.42 Å². The van der Waals surface area contributed by atoms with Gasteiger partial charge < -0.3 is 10.4 Å². The number of carboxylic acid groups (broad SMARTS) is 1. The summed E-state index contributed by atoms with van der Waals surface area (Å²) in [6.45, 7) is 1.77. The van der Waals surface area contributed by atoms with Crippen LogP contribution >= 0.6 is 0 Å². The van der Waals surface area contributed by atoms with Crippen molar-refractivity contribution < 1.29 is 14.7 Å². The van der Waals surface area contributed by atoms with Gasteiger partial charge in [0.2, 0.25) is 5.91 Å². The third-order valence-electron chi connectivity index (χ3n) is 3.25. The molecule has 2 N–H and O–H groups in total. The van der Waals surface area contributed by atoms with Crippen LogP contribution in [0.5, 0.6) is 0 Å². The smallest absolute Gasteiger partial charge is 0.303 e. The number of nitrogens with one attached hydrogen (secondary N) is 1. The fraction of sp³-hybridized carbons (Fsp3) is 0.833. The summed E-state index contributed by atoms with van der Waals surface area (Å²) in [4.78, 5) is 24.2. The van der Waals surface area contributed by atoms with Crippen molar-refractivity contribution in [2.45, 2.75) is 44.6 Å². The van der Waals surface area contributed by atoms with E-state index in [0.29, 0.717) is 6.42 Å². The van der Waals surface area contributed by atoms with Crippen LogP contribution in [-0.4, -0.2) is 48.1 Å². The second-order valence-corrected chi connectivity index (χ2v) is 4.51. The second kappa shape index (κ2) is 7.27. The third-order valence-corrected chi connectivity index (χ3v) is 3.25. The molecule has 98 valence electrons. The normalized spacial score (nSPS) is 21.1. The summed E-state index contributed by atoms with van der Waals surface area (Å²) in [7, 11) is 1.67. The Labute approximate surface area is 102 Å². The molecule has 1 atom stereocenters. The molecule has 0 aromatic rings. The zero-order valence-electron chi connectivity index (χ0n) is 10.4. The number of carboxylic acids is 1. The summed E-state index contributed by atoms with van der Waals surface area (Å²) in [6.07, 6.45) is 4.90. The molecular formula is C12H22N2O3. The highest BCUT2D eigenvalue weighted by atomic mass is 16.4. The monoisotopic (exact) mass is 242 g/mol. The molecule has 1 aliphatic heterocycles. The van der Waals surface area contributed by atoms with Gasteiger partial charge in [0.25, 0.3) is 0 Å². The van der Waals surface area contributed by atoms with Gasteiger partial charge in [-0.25, -0.2) is 0 Å². The second-order valence-electron chi connectivity index (χ2n) is 4.51. The average molecular weight is 242 g/mol. The molecule has 1 amide bonds. The molecule has 1 fully saturated rings. The van der Waals surface area contributed by atoms with Gasteiger partial charge in [-0.2, -0.15) is 0 Å². The number of carbonyl (C=O) groups excluding carboxylic acids is 1. The van der Waals surface area contributed by atoms with Crippen LogP contribution in [0.1, 0.15) is 38.5 Å². The number of unbranched alkanes of at least 4 members (excludes halogenated alkanes) is 1. The zero-order chi connectivity index (χ0) is 12.7. The molecule has 1 unspecified atom stereocenters. The molecule has 17 heavy (non-hydrogen) atoms. The molecule has 0 spiro atoms. The number of amides is 1. The van der Waals surface area contributed by atoms with Crippen molar-refractivity contribution in [1.29, 1.82) is 0 Å². The lowest BCUT2D eigenvalue weighted by atomic mass is 10.0. The molecule has 0 bridgehead atoms. The van der Waals surface area contributed by atoms with Crippen LogP contribution in [-0.2, 0) is 9.59 Å². The van der Waals surface area contributed by atoms with Gasteiger partial charge in [0.15, 0.2) is 0 Å². The Kier molecular flexibility index (Phi) is 5.97. The highest BCUT2D eigenvalue weighted by Crippen LogP contribution is 2.17. The summed E-state index contributed by atoms with van der Waals surface area (Å²) >= 11 is 0. The van der Waals surface area contributed by atoms with Gasteiger partial charge in [-0.05, 0) is 38.8 Å². The summed E-state index contributed by atoms with van der Waals surface area (Å²) < 4.78 is 0. The lowest BCUT2D eigenvalue weighted by Gasteiger charge is -2.34. The Morgan fingerprint density at radius 3 is 2.76 bits per heavy atom. The van der Waals surface area contributed by atoms with Crippen LogP contribution in [0.2, 0.25) is 0 Å². The largest absolute Gasteiger partial charge is 0.481 e. The summed E-state index contributed by atoms with van der Waals surface area (Å²) in [6, 6.07) is -0.0152. The van der Waals surface area contributed by atoms with Crippen LogP contribution in [0.3, 0.4) is 0 Å². The van der Waals surface area contributed by atoms with E-state index in [9.17, 15) is 9.59 Å². The van der Waals surface area contributed by atoms with Gasteiger partial charge in [-0.3, -0.25) is 14.5 Å². The van der Waals surface area contributed by atoms with E-state index in [-0.39, 0.29) is 18.4 Å². The molecule has 5 nitrogen and oxygen atoms in total. The zero-order valence-corrected chi connectivity index (χ0v) is 10.4. The standard InChI is InChI=1S/C12H22N2O3/c1-13-12(17)10-6-2-4-8-14(10)9-5-3-7-11(15)16/h10H,2-9H2,1H3,(H,13,17)(H,15,16). The summed E-state index contributed by atoms with van der Waals surface area (Å²) in [5.74, 6) is -0.658. The maximum absolute atomic E-state index is 11.7. The number of aliphatic carboxylic acids is 1. The highest BCUT2D eigenvalue weighted by molar-refractivity contribution is 5.81. The lowest BCUT2D eigenvalue weighted by Crippen LogP contribution is -2.48. The van der Waals surface area contributed by atoms with E-state index in [0.717, 1.165) is 38.8 Å². The Bertz CT molecular complexity index is 268. The van der Waals surface area contributed by atoms with Gasteiger partial charge in [-0.15, -0.1) is 0 Å². The molecule has 0 aromatic heterocycles. The van der Waals surface area contributed by atoms with Crippen molar-refractivity contribution in [2.24, 2.45) is 0 Å². The van der Waals surface area contributed by atoms with Crippen molar-refractivity contribution >= 4 is 11.9 Å². The Balaban J connectivity index is 2.32. The minimum absolute atomic E-state index is 0.0152. The first-order valence-electron chi connectivity index (χ1n) is 6.32. The van der Waals surface area contributed by atoms with E-state index in [1.165, 1.54) is 0 Å². The number of nitrogens with zero attached hydrogens (tertiary/aromatic N) is 1. The van der Waals surface area contributed by atoms with Gasteiger partial charge in [0.1, 0.15) is 0 Å². The van der Waals surface area contributed by atoms with Crippen LogP contribution < -0.4 is 5.32 Å². The molecule has 1 aliphatic rings. The first kappa shape index (κ1) is 14.0. The number of likely N-dealkylation sites (tertiary alicyclic amines) is 1. The topological polar surface area (TPSA) is 69.6 Å². The minimum Gasteiger partial charge on any atom is -0.481 e. The van der Waals surface area contributed by atoms with Crippen molar-refractivity contribution in [2.75, 3.05) is 20.1 Å². The number of carbonyl (C=O) groups is 2. The van der Waals surface area contributed by atoms with Crippen molar-refractivity contribution in [3.8, 4) is 0 Å². The molecule has 5 heteroatoms. The quantitative estimate of drug-likeness (QED) is 0.677. The fourth-order valence-corrected chi connectivity index (χ4v) is 2.31. The number of rotatable bonds is 6. The number of piperidine rings is 1. The maximum Gasteiger partial charge on any atom is 0.303 e. The molecule has 0 aromatic carbocycles. The molecule has 1 heterocycles. The van der Waals surface area contributed by atoms with E-state index in [1.807, 2.05) is 0 Å². The van der Waals surface area contributed by atoms with Crippen molar-refractivity contribution in [3.05, 3.63) is 0 Å². The first-order valence-corrected chi connectivity index (χ1v) is 6.32. The fourth-order valence-electron chi connectivity index (χ4n) is 2.31. The van der Waals surface area contributed by atoms with Gasteiger partial charge in [0, 0.05) is 13.5 Å². The molecule has 1 saturated heterocycles. The van der Waals surface area contributed by atoms with Gasteiger partial charge in [0.05, 0.1) is 6.04 Å². The Hall–Kier alpha value is -1.10. The third kappa shape index (κ3) is 4.73. The van der Waals surface area contributed by atoms with E-state index in [2.05, 4.69) is 10.2 Å². The first-order chi connectivity index (χ1) is 8.15. The predicted octanol–water partition coefficient (Wildman–Crippen LogP) is 0.842. The average Bonchev–Trinajstić information content (AvgIpc) is 2.34. The Morgan fingerprint density at radius 2 is 2.12 bits per heavy atom. The maximum atomic E-state index is 11.7. The number of likely N-dealkylation sites (N-methyl/N-ethyl adjacent to an activating group) is 1. The highest BCUT2D eigenvalue weighted by Gasteiger charge is 2.27. The number of hydrogen-bond donors (Lipinski definition) is 2. The van der Waals surface area contributed by atoms with Crippen LogP contribution in [0.15, 0.2) is 0 Å². The van der Waals surface area contributed by atoms with E-state index in [1.54, 1.807) is 7.05 Å². The van der Waals surface area contributed by atoms with E-state index < -0.39 is 5.97 Å². The molecular weight excluding hydrogens is 220 g/mol. The van der Waals surface area contributed by atoms with E-state index >= 15 is 0 Å². The minimum atomic E-state index is -0.744. The van der Waals surface area contributed by atoms with Crippen molar-refractivity contribution in [3.63, 3.8) is 0 Å². The van der Waals surface area contributed by atoms with E-state index in [4.69, 9.17) is 5.11 Å². The SMILES string of the molecule is CNC(=O)C1CCCCN1CCCCC(=O)O. The summed E-state index contributed by atoms with van der Waals surface area (Å²) in [5, 5.41) is 11.2. The molecule has 0 aliphatic carbocycles. The summed E-state index contributed by atoms with van der Waals surface area (Å²) in [5.41, 5.74) is 0. The lowest BCUT2D eigenvalue weighted by molar-refractivity contribution is -0.137. The van der Waals surface area contributed by atoms with Crippen molar-refractivity contribution in [1.82, 2.24) is 10.2 Å². The van der Waals surface area contributed by atoms with Crippen LogP contribution in [0.4, 0.5) is 0 Å². The van der Waals surface area contributed by atoms with Gasteiger partial charge >= 0.3 is 5.97 Å². The molecule has 0 saturated carbocycles. The Morgan fingerprint density at radius 1 is 1.35 bits per heavy atom. The molecule has 0 radical (unpaired) electrons. The van der Waals surface area contributed by atoms with Crippen LogP contribution in [0.25, 0.3) is 0 Å².